The third-order valence-corrected chi connectivity index (χ3v) is 4.57. The molecule has 0 radical (unpaired) electrons. The zero-order chi connectivity index (χ0) is 19.1. The molecule has 3 aromatic rings. The van der Waals surface area contributed by atoms with Crippen LogP contribution in [0.25, 0.3) is 0 Å². The van der Waals surface area contributed by atoms with E-state index in [9.17, 15) is 15.3 Å². The minimum absolute atomic E-state index is 0.0503. The molecule has 0 aliphatic rings. The van der Waals surface area contributed by atoms with E-state index < -0.39 is 0 Å². The Bertz CT molecular complexity index is 778. The molecule has 4 nitrogen and oxygen atoms in total. The van der Waals surface area contributed by atoms with Crippen LogP contribution < -0.4 is 0 Å². The fourth-order valence-corrected chi connectivity index (χ4v) is 3.04. The van der Waals surface area contributed by atoms with Gasteiger partial charge in [0.2, 0.25) is 0 Å². The molecule has 140 valence electrons. The molecule has 27 heavy (non-hydrogen) atoms. The van der Waals surface area contributed by atoms with Crippen molar-refractivity contribution < 1.29 is 15.3 Å². The fourth-order valence-electron chi connectivity index (χ4n) is 3.04. The second-order valence-electron chi connectivity index (χ2n) is 6.76. The van der Waals surface area contributed by atoms with Gasteiger partial charge in [0.25, 0.3) is 0 Å². The molecule has 0 saturated heterocycles. The first kappa shape index (κ1) is 19.1. The van der Waals surface area contributed by atoms with Gasteiger partial charge in [-0.1, -0.05) is 60.7 Å². The van der Waals surface area contributed by atoms with Crippen LogP contribution in [-0.4, -0.2) is 20.2 Å². The standard InChI is InChI=1S/C23H25NO3/c25-16-21-5-1-18(2-6-21)13-24(15-20-9-11-23(27)12-10-20)14-19-3-7-22(17-26)8-4-19/h1-12,25-27H,13-17H2. The van der Waals surface area contributed by atoms with Crippen LogP contribution in [-0.2, 0) is 32.8 Å². The maximum absolute atomic E-state index is 9.51. The summed E-state index contributed by atoms with van der Waals surface area (Å²) < 4.78 is 0. The summed E-state index contributed by atoms with van der Waals surface area (Å²) in [7, 11) is 0. The largest absolute Gasteiger partial charge is 0.508 e. The average molecular weight is 363 g/mol. The van der Waals surface area contributed by atoms with Gasteiger partial charge < -0.3 is 15.3 Å². The van der Waals surface area contributed by atoms with Crippen LogP contribution in [0.5, 0.6) is 5.75 Å². The molecule has 3 rings (SSSR count). The van der Waals surface area contributed by atoms with Crippen molar-refractivity contribution in [3.63, 3.8) is 0 Å². The number of phenolic OH excluding ortho intramolecular Hbond substituents is 1. The summed E-state index contributed by atoms with van der Waals surface area (Å²) in [5.41, 5.74) is 5.30. The van der Waals surface area contributed by atoms with Gasteiger partial charge in [-0.15, -0.1) is 0 Å². The van der Waals surface area contributed by atoms with E-state index in [1.165, 1.54) is 11.1 Å². The number of nitrogens with zero attached hydrogens (tertiary/aromatic N) is 1. The summed E-state index contributed by atoms with van der Waals surface area (Å²) in [4.78, 5) is 2.33. The van der Waals surface area contributed by atoms with Crippen molar-refractivity contribution in [1.82, 2.24) is 4.90 Å². The number of phenols is 1. The molecule has 0 fully saturated rings. The Morgan fingerprint density at radius 2 is 0.778 bits per heavy atom. The lowest BCUT2D eigenvalue weighted by Crippen LogP contribution is -2.22. The van der Waals surface area contributed by atoms with Gasteiger partial charge in [-0.05, 0) is 39.9 Å². The number of hydrogen-bond acceptors (Lipinski definition) is 4. The Hall–Kier alpha value is -2.66. The highest BCUT2D eigenvalue weighted by Crippen LogP contribution is 2.17. The molecule has 0 bridgehead atoms. The van der Waals surface area contributed by atoms with Gasteiger partial charge in [-0.2, -0.15) is 0 Å². The minimum Gasteiger partial charge on any atom is -0.508 e. The van der Waals surface area contributed by atoms with E-state index in [1.54, 1.807) is 12.1 Å². The summed E-state index contributed by atoms with van der Waals surface area (Å²) in [6, 6.07) is 23.3. The first-order valence-electron chi connectivity index (χ1n) is 9.04. The highest BCUT2D eigenvalue weighted by atomic mass is 16.3. The summed E-state index contributed by atoms with van der Waals surface area (Å²) in [5, 5.41) is 27.9. The van der Waals surface area contributed by atoms with Gasteiger partial charge >= 0.3 is 0 Å². The van der Waals surface area contributed by atoms with Gasteiger partial charge in [-0.3, -0.25) is 4.90 Å². The third kappa shape index (κ3) is 5.66. The van der Waals surface area contributed by atoms with E-state index in [-0.39, 0.29) is 19.0 Å². The maximum atomic E-state index is 9.51. The third-order valence-electron chi connectivity index (χ3n) is 4.57. The second-order valence-corrected chi connectivity index (χ2v) is 6.76. The lowest BCUT2D eigenvalue weighted by Gasteiger charge is -2.23. The summed E-state index contributed by atoms with van der Waals surface area (Å²) in [6.07, 6.45) is 0. The highest BCUT2D eigenvalue weighted by molar-refractivity contribution is 5.27. The van der Waals surface area contributed by atoms with Crippen LogP contribution in [0.2, 0.25) is 0 Å². The van der Waals surface area contributed by atoms with Crippen molar-refractivity contribution in [3.05, 3.63) is 101 Å². The lowest BCUT2D eigenvalue weighted by atomic mass is 10.1. The predicted molar refractivity (Wildman–Crippen MR) is 106 cm³/mol. The molecule has 3 aromatic carbocycles. The summed E-state index contributed by atoms with van der Waals surface area (Å²) >= 11 is 0. The zero-order valence-electron chi connectivity index (χ0n) is 15.3. The first-order valence-corrected chi connectivity index (χ1v) is 9.04. The zero-order valence-corrected chi connectivity index (χ0v) is 15.3. The molecule has 0 aliphatic heterocycles. The topological polar surface area (TPSA) is 63.9 Å². The van der Waals surface area contributed by atoms with E-state index in [0.29, 0.717) is 0 Å². The summed E-state index contributed by atoms with van der Waals surface area (Å²) in [6.45, 7) is 2.40. The van der Waals surface area contributed by atoms with Crippen LogP contribution in [0, 0.1) is 0 Å². The smallest absolute Gasteiger partial charge is 0.115 e. The Kier molecular flexibility index (Phi) is 6.60. The average Bonchev–Trinajstić information content (AvgIpc) is 2.71. The molecule has 4 heteroatoms. The number of aromatic hydroxyl groups is 1. The van der Waals surface area contributed by atoms with Crippen molar-refractivity contribution in [2.75, 3.05) is 0 Å². The molecule has 0 amide bonds. The van der Waals surface area contributed by atoms with E-state index in [1.807, 2.05) is 60.7 Å². The highest BCUT2D eigenvalue weighted by Gasteiger charge is 2.09. The van der Waals surface area contributed by atoms with E-state index >= 15 is 0 Å². The predicted octanol–water partition coefficient (Wildman–Crippen LogP) is 3.58. The second kappa shape index (κ2) is 9.33. The minimum atomic E-state index is 0.0503. The Morgan fingerprint density at radius 1 is 0.481 bits per heavy atom. The molecule has 0 spiro atoms. The molecule has 0 heterocycles. The van der Waals surface area contributed by atoms with Crippen LogP contribution in [0.4, 0.5) is 0 Å². The normalized spacial score (nSPS) is 11.1. The van der Waals surface area contributed by atoms with Crippen molar-refractivity contribution in [2.24, 2.45) is 0 Å². The number of hydrogen-bond donors (Lipinski definition) is 3. The quantitative estimate of drug-likeness (QED) is 0.572. The van der Waals surface area contributed by atoms with E-state index in [0.717, 1.165) is 36.3 Å². The molecule has 0 aliphatic carbocycles. The Balaban J connectivity index is 1.76. The van der Waals surface area contributed by atoms with Crippen molar-refractivity contribution in [2.45, 2.75) is 32.8 Å². The van der Waals surface area contributed by atoms with Crippen LogP contribution in [0.15, 0.2) is 72.8 Å². The lowest BCUT2D eigenvalue weighted by molar-refractivity contribution is 0.247. The Labute approximate surface area is 160 Å². The fraction of sp³-hybridized carbons (Fsp3) is 0.217. The molecular weight excluding hydrogens is 338 g/mol. The van der Waals surface area contributed by atoms with Crippen LogP contribution in [0.1, 0.15) is 27.8 Å². The van der Waals surface area contributed by atoms with E-state index in [2.05, 4.69) is 4.90 Å². The number of aliphatic hydroxyl groups excluding tert-OH is 2. The maximum Gasteiger partial charge on any atom is 0.115 e. The molecule has 0 aromatic heterocycles. The van der Waals surface area contributed by atoms with Crippen molar-refractivity contribution >= 4 is 0 Å². The van der Waals surface area contributed by atoms with Crippen LogP contribution >= 0.6 is 0 Å². The van der Waals surface area contributed by atoms with Gasteiger partial charge in [0.1, 0.15) is 5.75 Å². The number of rotatable bonds is 8. The van der Waals surface area contributed by atoms with Gasteiger partial charge in [0.15, 0.2) is 0 Å². The molecule has 0 atom stereocenters. The first-order chi connectivity index (χ1) is 13.2. The van der Waals surface area contributed by atoms with Crippen molar-refractivity contribution in [3.8, 4) is 5.75 Å². The van der Waals surface area contributed by atoms with Crippen molar-refractivity contribution in [1.29, 1.82) is 0 Å². The van der Waals surface area contributed by atoms with Gasteiger partial charge in [0.05, 0.1) is 13.2 Å². The molecule has 3 N–H and O–H groups in total. The summed E-state index contributed by atoms with van der Waals surface area (Å²) in [5.74, 6) is 0.268. The SMILES string of the molecule is OCc1ccc(CN(Cc2ccc(O)cc2)Cc2ccc(CO)cc2)cc1. The Morgan fingerprint density at radius 3 is 1.11 bits per heavy atom. The molecule has 0 unspecified atom stereocenters. The number of benzene rings is 3. The molecule has 0 saturated carbocycles. The molecular formula is C23H25NO3. The van der Waals surface area contributed by atoms with Crippen LogP contribution in [0.3, 0.4) is 0 Å². The van der Waals surface area contributed by atoms with Gasteiger partial charge in [-0.25, -0.2) is 0 Å². The van der Waals surface area contributed by atoms with E-state index in [4.69, 9.17) is 0 Å². The number of aliphatic hydroxyl groups is 2. The van der Waals surface area contributed by atoms with Gasteiger partial charge in [0, 0.05) is 19.6 Å². The monoisotopic (exact) mass is 363 g/mol.